The maximum Gasteiger partial charge on any atom is 0.329 e. The zero-order valence-corrected chi connectivity index (χ0v) is 17.2. The first kappa shape index (κ1) is 22.6. The molecule has 1 rings (SSSR count). The van der Waals surface area contributed by atoms with Gasteiger partial charge in [-0.2, -0.15) is 0 Å². The van der Waals surface area contributed by atoms with Crippen molar-refractivity contribution in [2.75, 3.05) is 0 Å². The second kappa shape index (κ2) is 9.50. The topological polar surface area (TPSA) is 114 Å². The first-order valence-electron chi connectivity index (χ1n) is 8.58. The smallest absolute Gasteiger partial charge is 0.329 e. The quantitative estimate of drug-likeness (QED) is 0.636. The number of amides is 4. The van der Waals surface area contributed by atoms with E-state index in [1.165, 1.54) is 18.3 Å². The third-order valence-electron chi connectivity index (χ3n) is 3.34. The van der Waals surface area contributed by atoms with Crippen LogP contribution in [0.25, 0.3) is 0 Å². The third kappa shape index (κ3) is 7.78. The van der Waals surface area contributed by atoms with E-state index in [9.17, 15) is 19.2 Å². The van der Waals surface area contributed by atoms with Gasteiger partial charge in [-0.3, -0.25) is 14.9 Å². The number of carbonyl (C=O) groups excluding carboxylic acids is 4. The highest BCUT2D eigenvalue weighted by Gasteiger charge is 2.30. The van der Waals surface area contributed by atoms with E-state index in [0.29, 0.717) is 4.88 Å². The Bertz CT molecular complexity index is 680. The van der Waals surface area contributed by atoms with E-state index in [0.717, 1.165) is 0 Å². The number of hydrogen-bond donors (Lipinski definition) is 3. The molecule has 0 aromatic carbocycles. The number of thiophene rings is 1. The summed E-state index contributed by atoms with van der Waals surface area (Å²) in [6, 6.07) is 1.78. The van der Waals surface area contributed by atoms with Crippen LogP contribution in [0.3, 0.4) is 0 Å². The van der Waals surface area contributed by atoms with E-state index in [2.05, 4.69) is 16.0 Å². The van der Waals surface area contributed by atoms with Crippen molar-refractivity contribution >= 4 is 35.2 Å². The number of ether oxygens (including phenoxy) is 1. The number of esters is 1. The summed E-state index contributed by atoms with van der Waals surface area (Å²) in [6.07, 6.45) is -1.19. The number of urea groups is 1. The van der Waals surface area contributed by atoms with Crippen LogP contribution in [0.1, 0.15) is 51.2 Å². The summed E-state index contributed by atoms with van der Waals surface area (Å²) >= 11 is 1.25. The molecule has 1 aromatic heterocycles. The van der Waals surface area contributed by atoms with Gasteiger partial charge in [-0.15, -0.1) is 11.3 Å². The molecular weight excluding hydrogens is 370 g/mol. The zero-order chi connectivity index (χ0) is 20.8. The molecule has 150 valence electrons. The molecule has 1 aromatic rings. The van der Waals surface area contributed by atoms with E-state index in [4.69, 9.17) is 4.74 Å². The number of imide groups is 1. The average Bonchev–Trinajstić information content (AvgIpc) is 3.04. The summed E-state index contributed by atoms with van der Waals surface area (Å²) in [4.78, 5) is 48.8. The highest BCUT2D eigenvalue weighted by atomic mass is 32.1. The standard InChI is InChI=1S/C18H27N3O5S/c1-10(2)13(19-15(23)12-8-7-9-27-12)16(24)26-11(3)14(22)20-17(25)21-18(4,5)6/h7-11,13H,1-6H3,(H,19,23)(H2,20,21,22,25)/t11-,13+/m0/s1. The Balaban J connectivity index is 2.65. The largest absolute Gasteiger partial charge is 0.451 e. The van der Waals surface area contributed by atoms with Gasteiger partial charge in [0.25, 0.3) is 11.8 Å². The molecule has 0 aliphatic heterocycles. The van der Waals surface area contributed by atoms with Gasteiger partial charge >= 0.3 is 12.0 Å². The fourth-order valence-corrected chi connectivity index (χ4v) is 2.63. The monoisotopic (exact) mass is 397 g/mol. The average molecular weight is 397 g/mol. The molecule has 0 unspecified atom stereocenters. The highest BCUT2D eigenvalue weighted by Crippen LogP contribution is 2.11. The van der Waals surface area contributed by atoms with Crippen molar-refractivity contribution in [1.29, 1.82) is 0 Å². The predicted octanol–water partition coefficient (Wildman–Crippen LogP) is 2.06. The predicted molar refractivity (Wildman–Crippen MR) is 102 cm³/mol. The van der Waals surface area contributed by atoms with Gasteiger partial charge in [-0.1, -0.05) is 19.9 Å². The number of carbonyl (C=O) groups is 4. The fourth-order valence-electron chi connectivity index (χ4n) is 2.00. The lowest BCUT2D eigenvalue weighted by Gasteiger charge is -2.23. The van der Waals surface area contributed by atoms with E-state index in [-0.39, 0.29) is 11.8 Å². The van der Waals surface area contributed by atoms with Crippen LogP contribution in [0.2, 0.25) is 0 Å². The van der Waals surface area contributed by atoms with Crippen LogP contribution in [0, 0.1) is 5.92 Å². The molecule has 8 nitrogen and oxygen atoms in total. The molecule has 0 radical (unpaired) electrons. The highest BCUT2D eigenvalue weighted by molar-refractivity contribution is 7.12. The number of rotatable bonds is 6. The summed E-state index contributed by atoms with van der Waals surface area (Å²) in [5.41, 5.74) is -0.515. The van der Waals surface area contributed by atoms with Crippen molar-refractivity contribution in [3.8, 4) is 0 Å². The second-order valence-electron chi connectivity index (χ2n) is 7.44. The minimum absolute atomic E-state index is 0.249. The van der Waals surface area contributed by atoms with Gasteiger partial charge in [-0.25, -0.2) is 9.59 Å². The molecule has 3 N–H and O–H groups in total. The summed E-state index contributed by atoms with van der Waals surface area (Å²) < 4.78 is 5.14. The number of nitrogens with one attached hydrogen (secondary N) is 3. The molecule has 4 amide bonds. The van der Waals surface area contributed by atoms with E-state index < -0.39 is 35.6 Å². The normalized spacial score (nSPS) is 13.4. The maximum absolute atomic E-state index is 12.4. The van der Waals surface area contributed by atoms with E-state index >= 15 is 0 Å². The molecule has 0 aliphatic rings. The number of hydrogen-bond acceptors (Lipinski definition) is 6. The van der Waals surface area contributed by atoms with Gasteiger partial charge in [0, 0.05) is 5.54 Å². The summed E-state index contributed by atoms with van der Waals surface area (Å²) in [5, 5.41) is 9.07. The van der Waals surface area contributed by atoms with Gasteiger partial charge in [0.15, 0.2) is 6.10 Å². The first-order valence-corrected chi connectivity index (χ1v) is 9.46. The van der Waals surface area contributed by atoms with Crippen LogP contribution in [0.15, 0.2) is 17.5 Å². The molecule has 0 fully saturated rings. The Hall–Kier alpha value is -2.42. The maximum atomic E-state index is 12.4. The SMILES string of the molecule is CC(C)[C@@H](NC(=O)c1cccs1)C(=O)O[C@@H](C)C(=O)NC(=O)NC(C)(C)C. The van der Waals surface area contributed by atoms with Gasteiger partial charge in [0.2, 0.25) is 0 Å². The lowest BCUT2D eigenvalue weighted by atomic mass is 10.0. The summed E-state index contributed by atoms with van der Waals surface area (Å²) in [5.74, 6) is -2.13. The molecule has 9 heteroatoms. The van der Waals surface area contributed by atoms with Crippen molar-refractivity contribution < 1.29 is 23.9 Å². The van der Waals surface area contributed by atoms with E-state index in [1.54, 1.807) is 52.1 Å². The van der Waals surface area contributed by atoms with Gasteiger partial charge < -0.3 is 15.4 Å². The molecule has 0 aliphatic carbocycles. The first-order chi connectivity index (χ1) is 12.4. The molecular formula is C18H27N3O5S. The molecule has 0 saturated carbocycles. The Morgan fingerprint density at radius 2 is 1.74 bits per heavy atom. The van der Waals surface area contributed by atoms with Gasteiger partial charge in [0.05, 0.1) is 4.88 Å². The van der Waals surface area contributed by atoms with Crippen molar-refractivity contribution in [3.05, 3.63) is 22.4 Å². The molecule has 0 saturated heterocycles. The molecule has 27 heavy (non-hydrogen) atoms. The molecule has 0 bridgehead atoms. The van der Waals surface area contributed by atoms with Crippen LogP contribution in [0.5, 0.6) is 0 Å². The molecule has 0 spiro atoms. The van der Waals surface area contributed by atoms with Gasteiger partial charge in [-0.05, 0) is 45.1 Å². The lowest BCUT2D eigenvalue weighted by molar-refractivity contribution is -0.157. The minimum atomic E-state index is -1.19. The van der Waals surface area contributed by atoms with Crippen LogP contribution in [-0.4, -0.2) is 41.5 Å². The van der Waals surface area contributed by atoms with Crippen molar-refractivity contribution in [3.63, 3.8) is 0 Å². The Morgan fingerprint density at radius 3 is 2.22 bits per heavy atom. The van der Waals surface area contributed by atoms with Crippen LogP contribution in [-0.2, 0) is 14.3 Å². The minimum Gasteiger partial charge on any atom is -0.451 e. The Labute approximate surface area is 163 Å². The summed E-state index contributed by atoms with van der Waals surface area (Å²) in [7, 11) is 0. The lowest BCUT2D eigenvalue weighted by Crippen LogP contribution is -2.52. The van der Waals surface area contributed by atoms with Crippen molar-refractivity contribution in [2.24, 2.45) is 5.92 Å². The molecule has 2 atom stereocenters. The van der Waals surface area contributed by atoms with Crippen LogP contribution in [0.4, 0.5) is 4.79 Å². The van der Waals surface area contributed by atoms with Crippen molar-refractivity contribution in [1.82, 2.24) is 16.0 Å². The van der Waals surface area contributed by atoms with Gasteiger partial charge in [0.1, 0.15) is 6.04 Å². The third-order valence-corrected chi connectivity index (χ3v) is 4.21. The van der Waals surface area contributed by atoms with Crippen molar-refractivity contribution in [2.45, 2.75) is 59.2 Å². The van der Waals surface area contributed by atoms with Crippen LogP contribution < -0.4 is 16.0 Å². The molecule has 1 heterocycles. The Morgan fingerprint density at radius 1 is 1.11 bits per heavy atom. The van der Waals surface area contributed by atoms with Crippen LogP contribution >= 0.6 is 11.3 Å². The fraction of sp³-hybridized carbons (Fsp3) is 0.556. The Kier molecular flexibility index (Phi) is 7.96. The second-order valence-corrected chi connectivity index (χ2v) is 8.39. The van der Waals surface area contributed by atoms with E-state index in [1.807, 2.05) is 0 Å². The zero-order valence-electron chi connectivity index (χ0n) is 16.4. The summed E-state index contributed by atoms with van der Waals surface area (Å²) in [6.45, 7) is 10.2.